The molecular weight excluding hydrogens is 364 g/mol. The van der Waals surface area contributed by atoms with E-state index < -0.39 is 12.0 Å². The minimum Gasteiger partial charge on any atom is -0.493 e. The lowest BCUT2D eigenvalue weighted by molar-refractivity contribution is -0.117. The molecule has 148 valence electrons. The normalized spacial score (nSPS) is 11.3. The first kappa shape index (κ1) is 20.8. The van der Waals surface area contributed by atoms with E-state index in [1.807, 2.05) is 0 Å². The summed E-state index contributed by atoms with van der Waals surface area (Å²) in [6.07, 6.45) is -1.16. The fourth-order valence-corrected chi connectivity index (χ4v) is 2.64. The first-order valence-corrected chi connectivity index (χ1v) is 8.44. The second-order valence-corrected chi connectivity index (χ2v) is 6.07. The maximum atomic E-state index is 12.7. The second kappa shape index (κ2) is 8.90. The molecule has 2 amide bonds. The summed E-state index contributed by atoms with van der Waals surface area (Å²) in [5, 5.41) is 13.7. The number of hydrogen-bond donors (Lipinski definition) is 3. The van der Waals surface area contributed by atoms with E-state index in [2.05, 4.69) is 10.6 Å². The van der Waals surface area contributed by atoms with E-state index in [-0.39, 0.29) is 11.7 Å². The molecule has 0 aliphatic heterocycles. The van der Waals surface area contributed by atoms with Crippen molar-refractivity contribution in [1.82, 2.24) is 0 Å². The number of ether oxygens (including phenoxy) is 2. The first-order valence-electron chi connectivity index (χ1n) is 8.44. The molecule has 1 unspecified atom stereocenters. The molecule has 0 heterocycles. The number of benzene rings is 2. The number of carbonyl (C=O) groups is 3. The van der Waals surface area contributed by atoms with E-state index in [0.717, 1.165) is 0 Å². The van der Waals surface area contributed by atoms with Crippen LogP contribution in [-0.2, 0) is 4.79 Å². The Kier molecular flexibility index (Phi) is 6.59. The molecule has 0 aliphatic carbocycles. The summed E-state index contributed by atoms with van der Waals surface area (Å²) >= 11 is 0. The third kappa shape index (κ3) is 4.79. The van der Waals surface area contributed by atoms with Gasteiger partial charge >= 0.3 is 6.09 Å². The van der Waals surface area contributed by atoms with Crippen molar-refractivity contribution in [3.05, 3.63) is 47.5 Å². The highest BCUT2D eigenvalue weighted by molar-refractivity contribution is 6.05. The van der Waals surface area contributed by atoms with Gasteiger partial charge in [0.05, 0.1) is 25.8 Å². The van der Waals surface area contributed by atoms with Crippen LogP contribution in [0.4, 0.5) is 16.2 Å². The van der Waals surface area contributed by atoms with E-state index in [4.69, 9.17) is 14.6 Å². The Morgan fingerprint density at radius 2 is 1.54 bits per heavy atom. The highest BCUT2D eigenvalue weighted by Crippen LogP contribution is 2.34. The number of Topliss-reactive ketones (excluding diaryl/α,β-unsaturated/α-hetero) is 1. The number of amides is 2. The topological polar surface area (TPSA) is 114 Å². The number of nitrogens with one attached hydrogen (secondary N) is 2. The van der Waals surface area contributed by atoms with Crippen LogP contribution in [0.25, 0.3) is 0 Å². The fraction of sp³-hybridized carbons (Fsp3) is 0.250. The molecule has 0 bridgehead atoms. The van der Waals surface area contributed by atoms with Crippen LogP contribution in [0, 0.1) is 0 Å². The van der Waals surface area contributed by atoms with Crippen LogP contribution in [0.3, 0.4) is 0 Å². The van der Waals surface area contributed by atoms with Gasteiger partial charge in [0.25, 0.3) is 0 Å². The minimum atomic E-state index is -1.16. The average Bonchev–Trinajstić information content (AvgIpc) is 2.66. The Morgan fingerprint density at radius 1 is 0.964 bits per heavy atom. The van der Waals surface area contributed by atoms with Crippen molar-refractivity contribution in [2.45, 2.75) is 19.8 Å². The number of anilines is 2. The summed E-state index contributed by atoms with van der Waals surface area (Å²) in [5.74, 6) is -0.312. The van der Waals surface area contributed by atoms with Crippen molar-refractivity contribution in [2.75, 3.05) is 24.9 Å². The van der Waals surface area contributed by atoms with Crippen LogP contribution >= 0.6 is 0 Å². The van der Waals surface area contributed by atoms with Gasteiger partial charge in [-0.3, -0.25) is 14.9 Å². The van der Waals surface area contributed by atoms with Gasteiger partial charge in [0, 0.05) is 17.3 Å². The zero-order valence-electron chi connectivity index (χ0n) is 16.0. The van der Waals surface area contributed by atoms with E-state index in [0.29, 0.717) is 34.0 Å². The number of carbonyl (C=O) groups excluding carboxylic acids is 2. The van der Waals surface area contributed by atoms with Crippen LogP contribution < -0.4 is 20.1 Å². The summed E-state index contributed by atoms with van der Waals surface area (Å²) in [6.45, 7) is 3.11. The molecule has 0 saturated carbocycles. The average molecular weight is 386 g/mol. The standard InChI is InChI=1S/C20H22N2O6/c1-11(13-5-7-14(8-6-13)21-20(25)26)19(24)22-16-10-18(28-4)17(27-3)9-15(16)12(2)23/h5-11,21H,1-4H3,(H,22,24)(H,25,26). The molecule has 0 fully saturated rings. The zero-order valence-corrected chi connectivity index (χ0v) is 16.0. The predicted molar refractivity (Wildman–Crippen MR) is 105 cm³/mol. The second-order valence-electron chi connectivity index (χ2n) is 6.07. The summed E-state index contributed by atoms with van der Waals surface area (Å²) in [6, 6.07) is 9.54. The molecular formula is C20H22N2O6. The molecule has 2 aromatic rings. The maximum absolute atomic E-state index is 12.7. The molecule has 1 atom stereocenters. The Balaban J connectivity index is 2.25. The number of carboxylic acid groups (broad SMARTS) is 1. The Bertz CT molecular complexity index is 892. The summed E-state index contributed by atoms with van der Waals surface area (Å²) in [4.78, 5) is 35.3. The molecule has 2 rings (SSSR count). The van der Waals surface area contributed by atoms with Crippen molar-refractivity contribution >= 4 is 29.2 Å². The van der Waals surface area contributed by atoms with Crippen LogP contribution in [0.2, 0.25) is 0 Å². The van der Waals surface area contributed by atoms with Crippen molar-refractivity contribution in [3.8, 4) is 11.5 Å². The van der Waals surface area contributed by atoms with Crippen LogP contribution in [0.5, 0.6) is 11.5 Å². The highest BCUT2D eigenvalue weighted by Gasteiger charge is 2.20. The van der Waals surface area contributed by atoms with E-state index in [9.17, 15) is 14.4 Å². The third-order valence-electron chi connectivity index (χ3n) is 4.22. The van der Waals surface area contributed by atoms with Gasteiger partial charge in [-0.1, -0.05) is 12.1 Å². The number of ketones is 1. The first-order chi connectivity index (χ1) is 13.3. The van der Waals surface area contributed by atoms with Gasteiger partial charge < -0.3 is 19.9 Å². The molecule has 0 aliphatic rings. The number of rotatable bonds is 7. The van der Waals surface area contributed by atoms with E-state index >= 15 is 0 Å². The van der Waals surface area contributed by atoms with Gasteiger partial charge in [0.2, 0.25) is 5.91 Å². The molecule has 0 saturated heterocycles. The lowest BCUT2D eigenvalue weighted by Gasteiger charge is -2.17. The predicted octanol–water partition coefficient (Wildman–Crippen LogP) is 3.74. The maximum Gasteiger partial charge on any atom is 0.409 e. The lowest BCUT2D eigenvalue weighted by atomic mass is 9.99. The third-order valence-corrected chi connectivity index (χ3v) is 4.22. The monoisotopic (exact) mass is 386 g/mol. The molecule has 28 heavy (non-hydrogen) atoms. The molecule has 0 aromatic heterocycles. The van der Waals surface area contributed by atoms with Gasteiger partial charge in [-0.05, 0) is 37.6 Å². The molecule has 3 N–H and O–H groups in total. The Morgan fingerprint density at radius 3 is 2.04 bits per heavy atom. The van der Waals surface area contributed by atoms with Crippen molar-refractivity contribution in [1.29, 1.82) is 0 Å². The van der Waals surface area contributed by atoms with Crippen molar-refractivity contribution in [3.63, 3.8) is 0 Å². The minimum absolute atomic E-state index is 0.229. The van der Waals surface area contributed by atoms with E-state index in [1.54, 1.807) is 37.3 Å². The van der Waals surface area contributed by atoms with Gasteiger partial charge in [0.15, 0.2) is 17.3 Å². The largest absolute Gasteiger partial charge is 0.493 e. The Hall–Kier alpha value is -3.55. The van der Waals surface area contributed by atoms with Gasteiger partial charge in [-0.25, -0.2) is 4.79 Å². The van der Waals surface area contributed by atoms with Gasteiger partial charge in [-0.2, -0.15) is 0 Å². The highest BCUT2D eigenvalue weighted by atomic mass is 16.5. The van der Waals surface area contributed by atoms with Gasteiger partial charge in [-0.15, -0.1) is 0 Å². The van der Waals surface area contributed by atoms with Crippen LogP contribution in [0.1, 0.15) is 35.7 Å². The number of methoxy groups -OCH3 is 2. The lowest BCUT2D eigenvalue weighted by Crippen LogP contribution is -2.20. The molecule has 0 spiro atoms. The van der Waals surface area contributed by atoms with Crippen LogP contribution in [0.15, 0.2) is 36.4 Å². The van der Waals surface area contributed by atoms with E-state index in [1.165, 1.54) is 27.2 Å². The smallest absolute Gasteiger partial charge is 0.409 e. The molecule has 0 radical (unpaired) electrons. The number of hydrogen-bond acceptors (Lipinski definition) is 5. The summed E-state index contributed by atoms with van der Waals surface area (Å²) in [7, 11) is 2.93. The van der Waals surface area contributed by atoms with Gasteiger partial charge in [0.1, 0.15) is 0 Å². The molecule has 2 aromatic carbocycles. The fourth-order valence-electron chi connectivity index (χ4n) is 2.64. The summed E-state index contributed by atoms with van der Waals surface area (Å²) < 4.78 is 10.4. The summed E-state index contributed by atoms with van der Waals surface area (Å²) in [5.41, 5.74) is 1.73. The SMILES string of the molecule is COc1cc(NC(=O)C(C)c2ccc(NC(=O)O)cc2)c(C(C)=O)cc1OC. The van der Waals surface area contributed by atoms with Crippen molar-refractivity contribution in [2.24, 2.45) is 0 Å². The quantitative estimate of drug-likeness (QED) is 0.625. The molecule has 8 heteroatoms. The zero-order chi connectivity index (χ0) is 20.8. The molecule has 8 nitrogen and oxygen atoms in total. The van der Waals surface area contributed by atoms with Crippen molar-refractivity contribution < 1.29 is 29.0 Å². The van der Waals surface area contributed by atoms with Crippen LogP contribution in [-0.4, -0.2) is 37.1 Å². The Labute approximate surface area is 162 Å².